The zero-order chi connectivity index (χ0) is 16.7. The summed E-state index contributed by atoms with van der Waals surface area (Å²) in [5.41, 5.74) is 1.18. The average Bonchev–Trinajstić information content (AvgIpc) is 2.47. The molecule has 0 unspecified atom stereocenters. The van der Waals surface area contributed by atoms with Crippen molar-refractivity contribution in [3.05, 3.63) is 29.8 Å². The Balaban J connectivity index is 2.65. The number of carbonyl (C=O) groups excluding carboxylic acids is 3. The minimum Gasteiger partial charge on any atom is -0.449 e. The molecule has 22 heavy (non-hydrogen) atoms. The molecule has 0 aliphatic rings. The number of imide groups is 1. The van der Waals surface area contributed by atoms with E-state index < -0.39 is 24.0 Å². The van der Waals surface area contributed by atoms with Gasteiger partial charge in [-0.1, -0.05) is 6.07 Å². The van der Waals surface area contributed by atoms with Crippen LogP contribution in [0.3, 0.4) is 0 Å². The van der Waals surface area contributed by atoms with E-state index >= 15 is 0 Å². The number of urea groups is 1. The molecule has 1 rings (SSSR count). The van der Waals surface area contributed by atoms with Crippen LogP contribution in [0.4, 0.5) is 10.5 Å². The molecule has 2 N–H and O–H groups in total. The summed E-state index contributed by atoms with van der Waals surface area (Å²) in [6.45, 7) is 3.53. The predicted molar refractivity (Wildman–Crippen MR) is 82.9 cm³/mol. The van der Waals surface area contributed by atoms with Crippen LogP contribution < -0.4 is 15.5 Å². The number of amides is 3. The van der Waals surface area contributed by atoms with Gasteiger partial charge in [-0.15, -0.1) is 0 Å². The van der Waals surface area contributed by atoms with Crippen LogP contribution in [0, 0.1) is 0 Å². The maximum atomic E-state index is 12.0. The quantitative estimate of drug-likeness (QED) is 0.797. The largest absolute Gasteiger partial charge is 0.449 e. The van der Waals surface area contributed by atoms with Gasteiger partial charge in [0.25, 0.3) is 5.91 Å². The lowest BCUT2D eigenvalue weighted by Gasteiger charge is -2.15. The van der Waals surface area contributed by atoms with Gasteiger partial charge in [0.1, 0.15) is 0 Å². The van der Waals surface area contributed by atoms with Crippen molar-refractivity contribution in [2.24, 2.45) is 0 Å². The number of anilines is 1. The summed E-state index contributed by atoms with van der Waals surface area (Å²) in [6.07, 6.45) is -1.07. The van der Waals surface area contributed by atoms with Gasteiger partial charge < -0.3 is 15.0 Å². The maximum absolute atomic E-state index is 12.0. The molecule has 1 atom stereocenters. The Kier molecular flexibility index (Phi) is 6.37. The molecule has 0 saturated heterocycles. The average molecular weight is 307 g/mol. The van der Waals surface area contributed by atoms with Gasteiger partial charge in [0.05, 0.1) is 5.56 Å². The third kappa shape index (κ3) is 5.08. The van der Waals surface area contributed by atoms with Gasteiger partial charge in [0, 0.05) is 26.3 Å². The van der Waals surface area contributed by atoms with E-state index in [9.17, 15) is 14.4 Å². The highest BCUT2D eigenvalue weighted by atomic mass is 16.5. The molecular formula is C15H21N3O4. The first-order valence-electron chi connectivity index (χ1n) is 6.92. The molecular weight excluding hydrogens is 286 g/mol. The number of nitrogens with one attached hydrogen (secondary N) is 2. The number of benzene rings is 1. The van der Waals surface area contributed by atoms with E-state index in [4.69, 9.17) is 4.74 Å². The van der Waals surface area contributed by atoms with Gasteiger partial charge in [-0.05, 0) is 32.0 Å². The van der Waals surface area contributed by atoms with Gasteiger partial charge in [-0.3, -0.25) is 10.1 Å². The topological polar surface area (TPSA) is 87.7 Å². The summed E-state index contributed by atoms with van der Waals surface area (Å²) in [5.74, 6) is -1.30. The van der Waals surface area contributed by atoms with E-state index in [-0.39, 0.29) is 0 Å². The van der Waals surface area contributed by atoms with Crippen LogP contribution in [0.5, 0.6) is 0 Å². The first-order chi connectivity index (χ1) is 10.3. The minimum atomic E-state index is -1.07. The lowest BCUT2D eigenvalue weighted by molar-refractivity contribution is -0.127. The Morgan fingerprint density at radius 2 is 1.95 bits per heavy atom. The normalized spacial score (nSPS) is 11.3. The Morgan fingerprint density at radius 1 is 1.27 bits per heavy atom. The van der Waals surface area contributed by atoms with Crippen molar-refractivity contribution in [3.63, 3.8) is 0 Å². The van der Waals surface area contributed by atoms with E-state index in [1.807, 2.05) is 25.1 Å². The number of esters is 1. The van der Waals surface area contributed by atoms with Gasteiger partial charge in [-0.25, -0.2) is 9.59 Å². The summed E-state index contributed by atoms with van der Waals surface area (Å²) >= 11 is 0. The lowest BCUT2D eigenvalue weighted by atomic mass is 10.2. The van der Waals surface area contributed by atoms with Crippen LogP contribution in [0.2, 0.25) is 0 Å². The summed E-state index contributed by atoms with van der Waals surface area (Å²) in [6, 6.07) is 6.22. The first kappa shape index (κ1) is 17.5. The zero-order valence-corrected chi connectivity index (χ0v) is 13.2. The van der Waals surface area contributed by atoms with Crippen molar-refractivity contribution in [2.45, 2.75) is 20.0 Å². The molecule has 1 aromatic carbocycles. The SMILES string of the molecule is CCNC(=O)NC(=O)[C@@H](C)OC(=O)c1cccc(N(C)C)c1. The predicted octanol–water partition coefficient (Wildman–Crippen LogP) is 1.14. The van der Waals surface area contributed by atoms with Crippen molar-refractivity contribution in [1.29, 1.82) is 0 Å². The Bertz CT molecular complexity index is 557. The molecule has 0 bridgehead atoms. The molecule has 0 spiro atoms. The van der Waals surface area contributed by atoms with E-state index in [0.29, 0.717) is 12.1 Å². The van der Waals surface area contributed by atoms with Crippen molar-refractivity contribution >= 4 is 23.6 Å². The van der Waals surface area contributed by atoms with Crippen LogP contribution in [-0.2, 0) is 9.53 Å². The number of rotatable bonds is 5. The number of nitrogens with zero attached hydrogens (tertiary/aromatic N) is 1. The molecule has 0 saturated carbocycles. The number of ether oxygens (including phenoxy) is 1. The summed E-state index contributed by atoms with van der Waals surface area (Å²) in [4.78, 5) is 36.8. The second-order valence-electron chi connectivity index (χ2n) is 4.84. The summed E-state index contributed by atoms with van der Waals surface area (Å²) < 4.78 is 5.06. The van der Waals surface area contributed by atoms with Crippen LogP contribution in [0.25, 0.3) is 0 Å². The molecule has 0 aliphatic heterocycles. The van der Waals surface area contributed by atoms with E-state index in [0.717, 1.165) is 5.69 Å². The lowest BCUT2D eigenvalue weighted by Crippen LogP contribution is -2.44. The van der Waals surface area contributed by atoms with Crippen molar-refractivity contribution < 1.29 is 19.1 Å². The van der Waals surface area contributed by atoms with Crippen LogP contribution >= 0.6 is 0 Å². The standard InChI is InChI=1S/C15H21N3O4/c1-5-16-15(21)17-13(19)10(2)22-14(20)11-7-6-8-12(9-11)18(3)4/h6-10H,5H2,1-4H3,(H2,16,17,19,21)/t10-/m1/s1. The monoisotopic (exact) mass is 307 g/mol. The smallest absolute Gasteiger partial charge is 0.338 e. The van der Waals surface area contributed by atoms with Gasteiger partial charge in [0.15, 0.2) is 6.10 Å². The molecule has 1 aromatic rings. The highest BCUT2D eigenvalue weighted by molar-refractivity contribution is 5.98. The molecule has 0 fully saturated rings. The van der Waals surface area contributed by atoms with E-state index in [1.165, 1.54) is 6.92 Å². The van der Waals surface area contributed by atoms with Gasteiger partial charge in [0.2, 0.25) is 0 Å². The van der Waals surface area contributed by atoms with Crippen molar-refractivity contribution in [1.82, 2.24) is 10.6 Å². The van der Waals surface area contributed by atoms with E-state index in [1.54, 1.807) is 25.1 Å². The fourth-order valence-corrected chi connectivity index (χ4v) is 1.61. The molecule has 0 aromatic heterocycles. The third-order valence-electron chi connectivity index (χ3n) is 2.83. The minimum absolute atomic E-state index is 0.337. The second kappa shape index (κ2) is 8.02. The molecule has 0 aliphatic carbocycles. The Labute approximate surface area is 129 Å². The molecule has 0 heterocycles. The van der Waals surface area contributed by atoms with Crippen LogP contribution in [-0.4, -0.2) is 44.7 Å². The van der Waals surface area contributed by atoms with Crippen LogP contribution in [0.1, 0.15) is 24.2 Å². The third-order valence-corrected chi connectivity index (χ3v) is 2.83. The van der Waals surface area contributed by atoms with Gasteiger partial charge in [-0.2, -0.15) is 0 Å². The number of hydrogen-bond donors (Lipinski definition) is 2. The molecule has 120 valence electrons. The molecule has 0 radical (unpaired) electrons. The van der Waals surface area contributed by atoms with Crippen molar-refractivity contribution in [2.75, 3.05) is 25.5 Å². The second-order valence-corrected chi connectivity index (χ2v) is 4.84. The highest BCUT2D eigenvalue weighted by Gasteiger charge is 2.20. The number of carbonyl (C=O) groups is 3. The Hall–Kier alpha value is -2.57. The van der Waals surface area contributed by atoms with E-state index in [2.05, 4.69) is 10.6 Å². The number of hydrogen-bond acceptors (Lipinski definition) is 5. The summed E-state index contributed by atoms with van der Waals surface area (Å²) in [5, 5.41) is 4.51. The van der Waals surface area contributed by atoms with Crippen molar-refractivity contribution in [3.8, 4) is 0 Å². The summed E-state index contributed by atoms with van der Waals surface area (Å²) in [7, 11) is 3.71. The molecule has 3 amide bonds. The van der Waals surface area contributed by atoms with Crippen LogP contribution in [0.15, 0.2) is 24.3 Å². The Morgan fingerprint density at radius 3 is 2.55 bits per heavy atom. The molecule has 7 heteroatoms. The fourth-order valence-electron chi connectivity index (χ4n) is 1.61. The van der Waals surface area contributed by atoms with Gasteiger partial charge >= 0.3 is 12.0 Å². The fraction of sp³-hybridized carbons (Fsp3) is 0.400. The first-order valence-corrected chi connectivity index (χ1v) is 6.92. The zero-order valence-electron chi connectivity index (χ0n) is 13.2. The molecule has 7 nitrogen and oxygen atoms in total. The highest BCUT2D eigenvalue weighted by Crippen LogP contribution is 2.14. The maximum Gasteiger partial charge on any atom is 0.338 e.